The third-order valence-electron chi connectivity index (χ3n) is 2.53. The summed E-state index contributed by atoms with van der Waals surface area (Å²) < 4.78 is 0. The van der Waals surface area contributed by atoms with Crippen molar-refractivity contribution >= 4 is 23.5 Å². The first-order valence-electron chi connectivity index (χ1n) is 5.78. The molecule has 9 heteroatoms. The van der Waals surface area contributed by atoms with Crippen LogP contribution in [0.15, 0.2) is 24.3 Å². The zero-order valence-corrected chi connectivity index (χ0v) is 10.8. The lowest BCUT2D eigenvalue weighted by molar-refractivity contribution is -0.384. The fourth-order valence-corrected chi connectivity index (χ4v) is 1.55. The number of carbonyl (C=O) groups excluding carboxylic acids is 1. The second-order valence-electron chi connectivity index (χ2n) is 4.07. The molecular weight excluding hydrogens is 284 g/mol. The summed E-state index contributed by atoms with van der Waals surface area (Å²) in [6.07, 6.45) is -0.397. The van der Waals surface area contributed by atoms with Crippen LogP contribution in [0.3, 0.4) is 0 Å². The van der Waals surface area contributed by atoms with Gasteiger partial charge in [-0.25, -0.2) is 0 Å². The standard InChI is InChI=1S/C12H12N2O7/c15-10(16)5-6-13(7-11(17)18)12(19)8-1-3-9(4-2-8)14(20)21/h1-4H,5-7H2,(H,15,16)(H,17,18). The second kappa shape index (κ2) is 6.98. The molecule has 2 N–H and O–H groups in total. The van der Waals surface area contributed by atoms with Crippen LogP contribution in [0.2, 0.25) is 0 Å². The monoisotopic (exact) mass is 296 g/mol. The molecular formula is C12H12N2O7. The molecule has 1 aromatic carbocycles. The maximum atomic E-state index is 12.1. The van der Waals surface area contributed by atoms with Gasteiger partial charge in [0, 0.05) is 24.2 Å². The number of nitro benzene ring substituents is 1. The van der Waals surface area contributed by atoms with E-state index in [0.29, 0.717) is 0 Å². The van der Waals surface area contributed by atoms with Gasteiger partial charge in [-0.3, -0.25) is 24.5 Å². The molecule has 0 fully saturated rings. The van der Waals surface area contributed by atoms with Gasteiger partial charge in [0.05, 0.1) is 11.3 Å². The summed E-state index contributed by atoms with van der Waals surface area (Å²) in [5.41, 5.74) is -0.158. The van der Waals surface area contributed by atoms with Crippen molar-refractivity contribution in [3.8, 4) is 0 Å². The number of non-ortho nitro benzene ring substituents is 1. The van der Waals surface area contributed by atoms with Crippen molar-refractivity contribution in [1.29, 1.82) is 0 Å². The van der Waals surface area contributed by atoms with Gasteiger partial charge < -0.3 is 15.1 Å². The van der Waals surface area contributed by atoms with Gasteiger partial charge in [0.1, 0.15) is 6.54 Å². The molecule has 0 radical (unpaired) electrons. The normalized spacial score (nSPS) is 9.90. The Morgan fingerprint density at radius 3 is 2.10 bits per heavy atom. The molecule has 9 nitrogen and oxygen atoms in total. The zero-order valence-electron chi connectivity index (χ0n) is 10.8. The number of rotatable bonds is 7. The Labute approximate surface area is 118 Å². The summed E-state index contributed by atoms with van der Waals surface area (Å²) in [6, 6.07) is 4.61. The SMILES string of the molecule is O=C(O)CCN(CC(=O)O)C(=O)c1ccc([N+](=O)[O-])cc1. The van der Waals surface area contributed by atoms with Crippen LogP contribution >= 0.6 is 0 Å². The van der Waals surface area contributed by atoms with Crippen LogP contribution in [0, 0.1) is 10.1 Å². The van der Waals surface area contributed by atoms with E-state index < -0.39 is 35.7 Å². The Hall–Kier alpha value is -2.97. The molecule has 0 aliphatic rings. The molecule has 0 aromatic heterocycles. The highest BCUT2D eigenvalue weighted by Crippen LogP contribution is 2.13. The van der Waals surface area contributed by atoms with Gasteiger partial charge in [0.15, 0.2) is 0 Å². The van der Waals surface area contributed by atoms with E-state index in [1.54, 1.807) is 0 Å². The maximum absolute atomic E-state index is 12.1. The number of carbonyl (C=O) groups is 3. The number of carboxylic acid groups (broad SMARTS) is 2. The summed E-state index contributed by atoms with van der Waals surface area (Å²) in [6.45, 7) is -0.916. The van der Waals surface area contributed by atoms with Crippen LogP contribution in [0.25, 0.3) is 0 Å². The van der Waals surface area contributed by atoms with Crippen LogP contribution in [0.4, 0.5) is 5.69 Å². The molecule has 112 valence electrons. The number of nitro groups is 1. The third-order valence-corrected chi connectivity index (χ3v) is 2.53. The van der Waals surface area contributed by atoms with Crippen molar-refractivity contribution in [1.82, 2.24) is 4.90 Å². The van der Waals surface area contributed by atoms with Gasteiger partial charge in [-0.2, -0.15) is 0 Å². The van der Waals surface area contributed by atoms with Crippen LogP contribution in [0.1, 0.15) is 16.8 Å². The highest BCUT2D eigenvalue weighted by Gasteiger charge is 2.20. The van der Waals surface area contributed by atoms with Crippen molar-refractivity contribution in [3.05, 3.63) is 39.9 Å². The smallest absolute Gasteiger partial charge is 0.323 e. The maximum Gasteiger partial charge on any atom is 0.323 e. The van der Waals surface area contributed by atoms with E-state index in [0.717, 1.165) is 17.0 Å². The van der Waals surface area contributed by atoms with E-state index in [4.69, 9.17) is 10.2 Å². The van der Waals surface area contributed by atoms with Crippen molar-refractivity contribution < 1.29 is 29.5 Å². The number of carboxylic acids is 2. The van der Waals surface area contributed by atoms with Gasteiger partial charge in [-0.15, -0.1) is 0 Å². The fourth-order valence-electron chi connectivity index (χ4n) is 1.55. The van der Waals surface area contributed by atoms with Gasteiger partial charge in [-0.05, 0) is 12.1 Å². The summed E-state index contributed by atoms with van der Waals surface area (Å²) in [5.74, 6) is -3.15. The molecule has 21 heavy (non-hydrogen) atoms. The Morgan fingerprint density at radius 2 is 1.67 bits per heavy atom. The first-order valence-corrected chi connectivity index (χ1v) is 5.78. The third kappa shape index (κ3) is 4.90. The molecule has 0 unspecified atom stereocenters. The number of hydrogen-bond donors (Lipinski definition) is 2. The first-order chi connectivity index (χ1) is 9.81. The summed E-state index contributed by atoms with van der Waals surface area (Å²) in [5, 5.41) is 27.8. The lowest BCUT2D eigenvalue weighted by atomic mass is 10.1. The van der Waals surface area contributed by atoms with E-state index in [1.807, 2.05) is 0 Å². The van der Waals surface area contributed by atoms with Gasteiger partial charge in [0.25, 0.3) is 11.6 Å². The molecule has 0 saturated heterocycles. The van der Waals surface area contributed by atoms with Crippen LogP contribution < -0.4 is 0 Å². The van der Waals surface area contributed by atoms with E-state index >= 15 is 0 Å². The molecule has 0 heterocycles. The Bertz CT molecular complexity index is 567. The second-order valence-corrected chi connectivity index (χ2v) is 4.07. The van der Waals surface area contributed by atoms with E-state index in [1.165, 1.54) is 12.1 Å². The lowest BCUT2D eigenvalue weighted by Gasteiger charge is -2.19. The molecule has 0 atom stereocenters. The average Bonchev–Trinajstić information content (AvgIpc) is 2.42. The molecule has 0 spiro atoms. The number of aliphatic carboxylic acids is 2. The van der Waals surface area contributed by atoms with Crippen LogP contribution in [-0.2, 0) is 9.59 Å². The first kappa shape index (κ1) is 16.1. The largest absolute Gasteiger partial charge is 0.481 e. The van der Waals surface area contributed by atoms with Crippen molar-refractivity contribution in [2.75, 3.05) is 13.1 Å². The quantitative estimate of drug-likeness (QED) is 0.554. The van der Waals surface area contributed by atoms with Gasteiger partial charge >= 0.3 is 11.9 Å². The molecule has 1 aromatic rings. The van der Waals surface area contributed by atoms with Crippen LogP contribution in [0.5, 0.6) is 0 Å². The van der Waals surface area contributed by atoms with Crippen molar-refractivity contribution in [2.45, 2.75) is 6.42 Å². The minimum absolute atomic E-state index is 0.0484. The number of hydrogen-bond acceptors (Lipinski definition) is 5. The topological polar surface area (TPSA) is 138 Å². The highest BCUT2D eigenvalue weighted by atomic mass is 16.6. The van der Waals surface area contributed by atoms with Gasteiger partial charge in [0.2, 0.25) is 0 Å². The van der Waals surface area contributed by atoms with Gasteiger partial charge in [-0.1, -0.05) is 0 Å². The highest BCUT2D eigenvalue weighted by molar-refractivity contribution is 5.96. The number of amides is 1. The Morgan fingerprint density at radius 1 is 1.10 bits per heavy atom. The van der Waals surface area contributed by atoms with E-state index in [9.17, 15) is 24.5 Å². The minimum Gasteiger partial charge on any atom is -0.481 e. The van der Waals surface area contributed by atoms with E-state index in [-0.39, 0.29) is 17.8 Å². The predicted octanol–water partition coefficient (Wildman–Crippen LogP) is 0.596. The van der Waals surface area contributed by atoms with E-state index in [2.05, 4.69) is 0 Å². The van der Waals surface area contributed by atoms with Crippen molar-refractivity contribution in [3.63, 3.8) is 0 Å². The summed E-state index contributed by atoms with van der Waals surface area (Å²) >= 11 is 0. The summed E-state index contributed by atoms with van der Waals surface area (Å²) in [4.78, 5) is 44.0. The Balaban J connectivity index is 2.89. The zero-order chi connectivity index (χ0) is 16.0. The van der Waals surface area contributed by atoms with Crippen LogP contribution in [-0.4, -0.2) is 51.0 Å². The lowest BCUT2D eigenvalue weighted by Crippen LogP contribution is -2.37. The number of nitrogens with zero attached hydrogens (tertiary/aromatic N) is 2. The summed E-state index contributed by atoms with van der Waals surface area (Å²) in [7, 11) is 0. The fraction of sp³-hybridized carbons (Fsp3) is 0.250. The Kier molecular flexibility index (Phi) is 5.35. The molecule has 0 aliphatic carbocycles. The minimum atomic E-state index is -1.28. The molecule has 1 rings (SSSR count). The molecule has 0 saturated carbocycles. The predicted molar refractivity (Wildman–Crippen MR) is 68.9 cm³/mol. The average molecular weight is 296 g/mol. The molecule has 0 aliphatic heterocycles. The van der Waals surface area contributed by atoms with Crippen molar-refractivity contribution in [2.24, 2.45) is 0 Å². The molecule has 0 bridgehead atoms. The number of benzene rings is 1. The molecule has 1 amide bonds.